The van der Waals surface area contributed by atoms with E-state index in [1.807, 2.05) is 6.92 Å². The summed E-state index contributed by atoms with van der Waals surface area (Å²) in [4.78, 5) is 0. The summed E-state index contributed by atoms with van der Waals surface area (Å²) in [6.07, 6.45) is 3.27. The maximum absolute atomic E-state index is 11.7. The average molecular weight is 257 g/mol. The van der Waals surface area contributed by atoms with E-state index >= 15 is 0 Å². The van der Waals surface area contributed by atoms with E-state index in [-0.39, 0.29) is 18.4 Å². The van der Waals surface area contributed by atoms with Crippen molar-refractivity contribution < 1.29 is 8.42 Å². The summed E-state index contributed by atoms with van der Waals surface area (Å²) in [5.74, 6) is 0.290. The van der Waals surface area contributed by atoms with Crippen LogP contribution in [0.3, 0.4) is 0 Å². The number of rotatable bonds is 4. The van der Waals surface area contributed by atoms with Crippen molar-refractivity contribution in [1.29, 1.82) is 0 Å². The van der Waals surface area contributed by atoms with Gasteiger partial charge in [0.15, 0.2) is 0 Å². The van der Waals surface area contributed by atoms with Gasteiger partial charge in [0.25, 0.3) is 0 Å². The SMILES string of the molecule is CCCCS(=O)(=O)N1CCC(N)CC1.Cl. The Morgan fingerprint density at radius 3 is 2.33 bits per heavy atom. The summed E-state index contributed by atoms with van der Waals surface area (Å²) >= 11 is 0. The van der Waals surface area contributed by atoms with Gasteiger partial charge in [-0.1, -0.05) is 13.3 Å². The Bertz CT molecular complexity index is 261. The molecule has 1 rings (SSSR count). The highest BCUT2D eigenvalue weighted by Crippen LogP contribution is 2.13. The highest BCUT2D eigenvalue weighted by molar-refractivity contribution is 7.89. The molecule has 6 heteroatoms. The van der Waals surface area contributed by atoms with E-state index in [0.29, 0.717) is 18.8 Å². The van der Waals surface area contributed by atoms with Gasteiger partial charge in [0.1, 0.15) is 0 Å². The van der Waals surface area contributed by atoms with Gasteiger partial charge in [-0.2, -0.15) is 0 Å². The highest BCUT2D eigenvalue weighted by Gasteiger charge is 2.25. The fraction of sp³-hybridized carbons (Fsp3) is 1.00. The Morgan fingerprint density at radius 2 is 1.87 bits per heavy atom. The molecule has 2 N–H and O–H groups in total. The summed E-state index contributed by atoms with van der Waals surface area (Å²) < 4.78 is 25.1. The lowest BCUT2D eigenvalue weighted by atomic mass is 10.1. The summed E-state index contributed by atoms with van der Waals surface area (Å²) in [6, 6.07) is 0.188. The van der Waals surface area contributed by atoms with Crippen LogP contribution in [-0.4, -0.2) is 37.6 Å². The van der Waals surface area contributed by atoms with Gasteiger partial charge in [-0.25, -0.2) is 12.7 Å². The molecule has 0 aromatic carbocycles. The second kappa shape index (κ2) is 6.68. The van der Waals surface area contributed by atoms with Crippen LogP contribution in [0.5, 0.6) is 0 Å². The molecule has 0 aromatic heterocycles. The lowest BCUT2D eigenvalue weighted by Crippen LogP contribution is -2.43. The third kappa shape index (κ3) is 4.68. The van der Waals surface area contributed by atoms with Gasteiger partial charge < -0.3 is 5.73 Å². The standard InChI is InChI=1S/C9H20N2O2S.ClH/c1-2-3-8-14(12,13)11-6-4-9(10)5-7-11;/h9H,2-8,10H2,1H3;1H. The normalized spacial score (nSPS) is 19.9. The smallest absolute Gasteiger partial charge is 0.214 e. The maximum atomic E-state index is 11.7. The Balaban J connectivity index is 0.00000196. The Morgan fingerprint density at radius 1 is 1.33 bits per heavy atom. The third-order valence-corrected chi connectivity index (χ3v) is 4.60. The highest BCUT2D eigenvalue weighted by atomic mass is 35.5. The minimum Gasteiger partial charge on any atom is -0.328 e. The van der Waals surface area contributed by atoms with E-state index < -0.39 is 10.0 Å². The van der Waals surface area contributed by atoms with Gasteiger partial charge in [-0.05, 0) is 19.3 Å². The number of nitrogens with zero attached hydrogens (tertiary/aromatic N) is 1. The van der Waals surface area contributed by atoms with Crippen molar-refractivity contribution >= 4 is 22.4 Å². The molecule has 92 valence electrons. The molecular formula is C9H21ClN2O2S. The number of hydrogen-bond acceptors (Lipinski definition) is 3. The quantitative estimate of drug-likeness (QED) is 0.815. The van der Waals surface area contributed by atoms with E-state index in [9.17, 15) is 8.42 Å². The molecule has 1 saturated heterocycles. The molecular weight excluding hydrogens is 236 g/mol. The Labute approximate surface area is 98.7 Å². The van der Waals surface area contributed by atoms with Crippen LogP contribution in [0, 0.1) is 0 Å². The second-order valence-corrected chi connectivity index (χ2v) is 5.99. The topological polar surface area (TPSA) is 63.4 Å². The first-order chi connectivity index (χ1) is 6.56. The molecule has 0 saturated carbocycles. The monoisotopic (exact) mass is 256 g/mol. The van der Waals surface area contributed by atoms with Gasteiger partial charge in [0.2, 0.25) is 10.0 Å². The number of unbranched alkanes of at least 4 members (excludes halogenated alkanes) is 1. The zero-order valence-corrected chi connectivity index (χ0v) is 10.8. The fourth-order valence-electron chi connectivity index (χ4n) is 1.61. The van der Waals surface area contributed by atoms with Crippen molar-refractivity contribution in [3.05, 3.63) is 0 Å². The van der Waals surface area contributed by atoms with Crippen molar-refractivity contribution in [2.75, 3.05) is 18.8 Å². The van der Waals surface area contributed by atoms with Crippen LogP contribution in [0.25, 0.3) is 0 Å². The first-order valence-corrected chi connectivity index (χ1v) is 6.90. The molecule has 0 atom stereocenters. The van der Waals surface area contributed by atoms with Crippen molar-refractivity contribution in [2.24, 2.45) is 5.73 Å². The fourth-order valence-corrected chi connectivity index (χ4v) is 3.29. The Hall–Kier alpha value is 0.160. The van der Waals surface area contributed by atoms with E-state index in [0.717, 1.165) is 25.7 Å². The molecule has 0 spiro atoms. The number of piperidine rings is 1. The van der Waals surface area contributed by atoms with Gasteiger partial charge in [-0.15, -0.1) is 12.4 Å². The van der Waals surface area contributed by atoms with Crippen LogP contribution in [0.2, 0.25) is 0 Å². The van der Waals surface area contributed by atoms with E-state index in [2.05, 4.69) is 0 Å². The Kier molecular flexibility index (Phi) is 6.75. The van der Waals surface area contributed by atoms with Gasteiger partial charge in [0.05, 0.1) is 5.75 Å². The van der Waals surface area contributed by atoms with Crippen LogP contribution >= 0.6 is 12.4 Å². The largest absolute Gasteiger partial charge is 0.328 e. The molecule has 0 unspecified atom stereocenters. The number of nitrogens with two attached hydrogens (primary N) is 1. The van der Waals surface area contributed by atoms with Crippen molar-refractivity contribution in [1.82, 2.24) is 4.31 Å². The van der Waals surface area contributed by atoms with Crippen molar-refractivity contribution in [3.8, 4) is 0 Å². The number of halogens is 1. The first kappa shape index (κ1) is 15.2. The van der Waals surface area contributed by atoms with Crippen molar-refractivity contribution in [3.63, 3.8) is 0 Å². The number of sulfonamides is 1. The lowest BCUT2D eigenvalue weighted by molar-refractivity contribution is 0.319. The van der Waals surface area contributed by atoms with E-state index in [4.69, 9.17) is 5.73 Å². The lowest BCUT2D eigenvalue weighted by Gasteiger charge is -2.29. The van der Waals surface area contributed by atoms with Gasteiger partial charge in [-0.3, -0.25) is 0 Å². The minimum atomic E-state index is -2.99. The van der Waals surface area contributed by atoms with E-state index in [1.165, 1.54) is 0 Å². The average Bonchev–Trinajstić information content (AvgIpc) is 2.16. The maximum Gasteiger partial charge on any atom is 0.214 e. The predicted molar refractivity (Wildman–Crippen MR) is 64.7 cm³/mol. The van der Waals surface area contributed by atoms with E-state index in [1.54, 1.807) is 4.31 Å². The van der Waals surface area contributed by atoms with Crippen molar-refractivity contribution in [2.45, 2.75) is 38.6 Å². The van der Waals surface area contributed by atoms with Crippen LogP contribution in [-0.2, 0) is 10.0 Å². The molecule has 0 aliphatic carbocycles. The summed E-state index contributed by atoms with van der Waals surface area (Å²) in [6.45, 7) is 3.21. The molecule has 1 aliphatic heterocycles. The molecule has 0 radical (unpaired) electrons. The second-order valence-electron chi connectivity index (χ2n) is 3.91. The third-order valence-electron chi connectivity index (χ3n) is 2.65. The minimum absolute atomic E-state index is 0. The summed E-state index contributed by atoms with van der Waals surface area (Å²) in [5, 5.41) is 0. The van der Waals surface area contributed by atoms with Crippen LogP contribution < -0.4 is 5.73 Å². The summed E-state index contributed by atoms with van der Waals surface area (Å²) in [7, 11) is -2.99. The number of hydrogen-bond donors (Lipinski definition) is 1. The molecule has 15 heavy (non-hydrogen) atoms. The molecule has 0 aromatic rings. The molecule has 1 heterocycles. The predicted octanol–water partition coefficient (Wildman–Crippen LogP) is 0.961. The van der Waals surface area contributed by atoms with Crippen LogP contribution in [0.1, 0.15) is 32.6 Å². The van der Waals surface area contributed by atoms with Crippen LogP contribution in [0.4, 0.5) is 0 Å². The zero-order valence-electron chi connectivity index (χ0n) is 9.18. The molecule has 0 amide bonds. The molecule has 0 bridgehead atoms. The summed E-state index contributed by atoms with van der Waals surface area (Å²) in [5.41, 5.74) is 5.72. The molecule has 1 fully saturated rings. The first-order valence-electron chi connectivity index (χ1n) is 5.29. The molecule has 1 aliphatic rings. The zero-order chi connectivity index (χ0) is 10.6. The van der Waals surface area contributed by atoms with Crippen LogP contribution in [0.15, 0.2) is 0 Å². The van der Waals surface area contributed by atoms with Gasteiger partial charge in [0, 0.05) is 19.1 Å². The molecule has 4 nitrogen and oxygen atoms in total. The van der Waals surface area contributed by atoms with Gasteiger partial charge >= 0.3 is 0 Å².